The van der Waals surface area contributed by atoms with Gasteiger partial charge in [-0.25, -0.2) is 9.79 Å². The summed E-state index contributed by atoms with van der Waals surface area (Å²) in [6, 6.07) is 8.04. The largest absolute Gasteiger partial charge is 0.493 e. The van der Waals surface area contributed by atoms with E-state index in [1.54, 1.807) is 50.4 Å². The number of benzene rings is 1. The van der Waals surface area contributed by atoms with Crippen LogP contribution in [0.15, 0.2) is 62.1 Å². The highest BCUT2D eigenvalue weighted by Gasteiger charge is 2.33. The second kappa shape index (κ2) is 8.27. The third-order valence-electron chi connectivity index (χ3n) is 4.97. The number of ether oxygens (including phenoxy) is 3. The molecule has 0 amide bonds. The van der Waals surface area contributed by atoms with Crippen LogP contribution in [0.25, 0.3) is 6.08 Å². The maximum atomic E-state index is 13.4. The van der Waals surface area contributed by atoms with E-state index in [-0.39, 0.29) is 11.1 Å². The zero-order valence-electron chi connectivity index (χ0n) is 17.4. The van der Waals surface area contributed by atoms with Crippen molar-refractivity contribution in [3.8, 4) is 11.5 Å². The molecule has 0 aliphatic carbocycles. The average Bonchev–Trinajstić information content (AvgIpc) is 3.40. The van der Waals surface area contributed by atoms with Crippen LogP contribution in [0.1, 0.15) is 24.3 Å². The summed E-state index contributed by atoms with van der Waals surface area (Å²) in [6.45, 7) is 1.73. The Morgan fingerprint density at radius 3 is 2.61 bits per heavy atom. The molecule has 3 aromatic rings. The number of hydrogen-bond acceptors (Lipinski definition) is 8. The van der Waals surface area contributed by atoms with Crippen LogP contribution in [-0.2, 0) is 9.53 Å². The Labute approximate surface area is 181 Å². The fourth-order valence-corrected chi connectivity index (χ4v) is 4.56. The highest BCUT2D eigenvalue weighted by Crippen LogP contribution is 2.35. The van der Waals surface area contributed by atoms with Crippen LogP contribution in [0.2, 0.25) is 0 Å². The van der Waals surface area contributed by atoms with E-state index in [1.807, 2.05) is 0 Å². The number of nitrogens with zero attached hydrogens (tertiary/aromatic N) is 2. The monoisotopic (exact) mass is 440 g/mol. The Balaban J connectivity index is 1.99. The third kappa shape index (κ3) is 3.57. The number of furan rings is 1. The molecule has 1 atom stereocenters. The van der Waals surface area contributed by atoms with Crippen LogP contribution < -0.4 is 24.4 Å². The van der Waals surface area contributed by atoms with Gasteiger partial charge in [0.2, 0.25) is 0 Å². The van der Waals surface area contributed by atoms with Gasteiger partial charge in [0.05, 0.1) is 49.4 Å². The number of methoxy groups -OCH3 is 3. The first-order valence-corrected chi connectivity index (χ1v) is 10.2. The molecule has 0 bridgehead atoms. The Bertz CT molecular complexity index is 1350. The van der Waals surface area contributed by atoms with Crippen LogP contribution in [-0.4, -0.2) is 31.9 Å². The van der Waals surface area contributed by atoms with Crippen LogP contribution in [0.3, 0.4) is 0 Å². The fraction of sp³-hybridized carbons (Fsp3) is 0.227. The third-order valence-corrected chi connectivity index (χ3v) is 5.95. The molecular formula is C22H20N2O6S. The van der Waals surface area contributed by atoms with Gasteiger partial charge >= 0.3 is 5.97 Å². The molecular weight excluding hydrogens is 420 g/mol. The molecule has 9 heteroatoms. The van der Waals surface area contributed by atoms with Gasteiger partial charge in [0.15, 0.2) is 16.3 Å². The predicted molar refractivity (Wildman–Crippen MR) is 114 cm³/mol. The molecule has 0 fully saturated rings. The molecule has 3 heterocycles. The van der Waals surface area contributed by atoms with Crippen molar-refractivity contribution in [1.29, 1.82) is 0 Å². The number of thiazole rings is 1. The van der Waals surface area contributed by atoms with E-state index in [0.717, 1.165) is 0 Å². The first-order valence-electron chi connectivity index (χ1n) is 9.34. The lowest BCUT2D eigenvalue weighted by molar-refractivity contribution is -0.136. The minimum Gasteiger partial charge on any atom is -0.493 e. The minimum atomic E-state index is -0.734. The van der Waals surface area contributed by atoms with Crippen molar-refractivity contribution in [2.24, 2.45) is 4.99 Å². The Morgan fingerprint density at radius 1 is 1.19 bits per heavy atom. The van der Waals surface area contributed by atoms with Crippen molar-refractivity contribution in [1.82, 2.24) is 4.57 Å². The summed E-state index contributed by atoms with van der Waals surface area (Å²) in [5, 5.41) is 0. The standard InChI is InChI=1S/C22H20N2O6S/c1-12-18(21(26)29-4)19(13-7-8-15(27-2)16(10-13)28-3)24-20(25)17(31-22(24)23-12)11-14-6-5-9-30-14/h5-11,19H,1-4H3/b17-11+/t19-/m0/s1. The van der Waals surface area contributed by atoms with E-state index < -0.39 is 12.0 Å². The molecule has 0 saturated carbocycles. The zero-order valence-corrected chi connectivity index (χ0v) is 18.2. The van der Waals surface area contributed by atoms with Crippen LogP contribution in [0.5, 0.6) is 11.5 Å². The molecule has 0 unspecified atom stereocenters. The number of esters is 1. The lowest BCUT2D eigenvalue weighted by Gasteiger charge is -2.25. The number of carbonyl (C=O) groups excluding carboxylic acids is 1. The topological polar surface area (TPSA) is 92.3 Å². The van der Waals surface area contributed by atoms with Gasteiger partial charge < -0.3 is 18.6 Å². The van der Waals surface area contributed by atoms with Crippen molar-refractivity contribution < 1.29 is 23.4 Å². The Kier molecular flexibility index (Phi) is 5.51. The lowest BCUT2D eigenvalue weighted by Crippen LogP contribution is -2.39. The van der Waals surface area contributed by atoms with Crippen molar-refractivity contribution in [3.05, 3.63) is 78.9 Å². The van der Waals surface area contributed by atoms with Crippen molar-refractivity contribution >= 4 is 23.4 Å². The van der Waals surface area contributed by atoms with Gasteiger partial charge in [-0.15, -0.1) is 0 Å². The van der Waals surface area contributed by atoms with E-state index in [9.17, 15) is 9.59 Å². The molecule has 8 nitrogen and oxygen atoms in total. The fourth-order valence-electron chi connectivity index (χ4n) is 3.53. The highest BCUT2D eigenvalue weighted by molar-refractivity contribution is 7.07. The second-order valence-corrected chi connectivity index (χ2v) is 7.71. The molecule has 31 heavy (non-hydrogen) atoms. The maximum Gasteiger partial charge on any atom is 0.338 e. The van der Waals surface area contributed by atoms with Crippen molar-refractivity contribution in [2.75, 3.05) is 21.3 Å². The summed E-state index contributed by atoms with van der Waals surface area (Å²) in [4.78, 5) is 31.1. The van der Waals surface area contributed by atoms with Crippen LogP contribution in [0, 0.1) is 0 Å². The van der Waals surface area contributed by atoms with E-state index in [1.165, 1.54) is 36.4 Å². The minimum absolute atomic E-state index is 0.283. The quantitative estimate of drug-likeness (QED) is 0.564. The summed E-state index contributed by atoms with van der Waals surface area (Å²) < 4.78 is 23.1. The summed E-state index contributed by atoms with van der Waals surface area (Å²) in [5.41, 5.74) is 1.15. The van der Waals surface area contributed by atoms with Gasteiger partial charge in [0.25, 0.3) is 5.56 Å². The van der Waals surface area contributed by atoms with Crippen molar-refractivity contribution in [3.63, 3.8) is 0 Å². The van der Waals surface area contributed by atoms with E-state index in [0.29, 0.717) is 37.9 Å². The summed E-state index contributed by atoms with van der Waals surface area (Å²) in [6.07, 6.45) is 3.20. The molecule has 1 aliphatic heterocycles. The Hall–Kier alpha value is -3.59. The predicted octanol–water partition coefficient (Wildman–Crippen LogP) is 2.02. The molecule has 0 N–H and O–H groups in total. The second-order valence-electron chi connectivity index (χ2n) is 6.70. The van der Waals surface area contributed by atoms with Gasteiger partial charge in [-0.3, -0.25) is 9.36 Å². The SMILES string of the molecule is COC(=O)C1=C(C)N=c2s/c(=C/c3ccco3)c(=O)n2[C@H]1c1ccc(OC)c(OC)c1. The van der Waals surface area contributed by atoms with E-state index in [2.05, 4.69) is 4.99 Å². The zero-order chi connectivity index (χ0) is 22.1. The average molecular weight is 440 g/mol. The number of rotatable bonds is 5. The van der Waals surface area contributed by atoms with Crippen molar-refractivity contribution in [2.45, 2.75) is 13.0 Å². The van der Waals surface area contributed by atoms with Crippen LogP contribution >= 0.6 is 11.3 Å². The van der Waals surface area contributed by atoms with E-state index >= 15 is 0 Å². The first kappa shape index (κ1) is 20.7. The molecule has 4 rings (SSSR count). The number of hydrogen-bond donors (Lipinski definition) is 0. The van der Waals surface area contributed by atoms with Gasteiger partial charge in [0.1, 0.15) is 5.76 Å². The van der Waals surface area contributed by atoms with Gasteiger partial charge in [-0.1, -0.05) is 17.4 Å². The number of aromatic nitrogens is 1. The smallest absolute Gasteiger partial charge is 0.338 e. The first-order chi connectivity index (χ1) is 15.0. The molecule has 1 aromatic carbocycles. The van der Waals surface area contributed by atoms with Gasteiger partial charge in [-0.05, 0) is 36.8 Å². The molecule has 0 saturated heterocycles. The molecule has 2 aromatic heterocycles. The summed E-state index contributed by atoms with van der Waals surface area (Å²) in [7, 11) is 4.37. The van der Waals surface area contributed by atoms with E-state index in [4.69, 9.17) is 18.6 Å². The Morgan fingerprint density at radius 2 is 1.97 bits per heavy atom. The molecule has 1 aliphatic rings. The maximum absolute atomic E-state index is 13.4. The molecule has 0 spiro atoms. The van der Waals surface area contributed by atoms with Gasteiger partial charge in [0, 0.05) is 6.08 Å². The highest BCUT2D eigenvalue weighted by atomic mass is 32.1. The number of fused-ring (bicyclic) bond motifs is 1. The lowest BCUT2D eigenvalue weighted by atomic mass is 9.95. The van der Waals surface area contributed by atoms with Crippen LogP contribution in [0.4, 0.5) is 0 Å². The molecule has 0 radical (unpaired) electrons. The normalized spacial score (nSPS) is 16.0. The summed E-state index contributed by atoms with van der Waals surface area (Å²) >= 11 is 1.23. The van der Waals surface area contributed by atoms with Gasteiger partial charge in [-0.2, -0.15) is 0 Å². The summed E-state index contributed by atoms with van der Waals surface area (Å²) in [5.74, 6) is 1.02. The molecule has 160 valence electrons. The number of allylic oxidation sites excluding steroid dienone is 1. The number of carbonyl (C=O) groups is 1.